The molecule has 1 aliphatic carbocycles. The second kappa shape index (κ2) is 13.9. The molecule has 0 unspecified atom stereocenters. The Balaban J connectivity index is 1.50. The summed E-state index contributed by atoms with van der Waals surface area (Å²) in [5, 5.41) is 6.36. The number of rotatable bonds is 10. The minimum atomic E-state index is -0.649. The molecular formula is C36H50N4O3. The van der Waals surface area contributed by atoms with Crippen LogP contribution in [0.2, 0.25) is 0 Å². The predicted molar refractivity (Wildman–Crippen MR) is 173 cm³/mol. The number of benzene rings is 2. The lowest BCUT2D eigenvalue weighted by Crippen LogP contribution is -2.58. The molecule has 1 heterocycles. The van der Waals surface area contributed by atoms with Crippen LogP contribution in [0, 0.1) is 11.8 Å². The van der Waals surface area contributed by atoms with E-state index in [-0.39, 0.29) is 53.7 Å². The molecule has 232 valence electrons. The number of piperidine rings is 1. The van der Waals surface area contributed by atoms with Gasteiger partial charge >= 0.3 is 0 Å². The van der Waals surface area contributed by atoms with Crippen molar-refractivity contribution in [3.8, 4) is 11.1 Å². The lowest BCUT2D eigenvalue weighted by molar-refractivity contribution is -0.140. The molecule has 3 amide bonds. The molecule has 0 bridgehead atoms. The molecule has 7 heteroatoms. The quantitative estimate of drug-likeness (QED) is 0.350. The molecule has 7 nitrogen and oxygen atoms in total. The molecule has 2 aromatic rings. The number of carbonyl (C=O) groups excluding carboxylic acids is 3. The number of hydrogen-bond donors (Lipinski definition) is 2. The highest BCUT2D eigenvalue weighted by Crippen LogP contribution is 2.43. The molecule has 2 aromatic carbocycles. The Hall–Kier alpha value is -3.45. The summed E-state index contributed by atoms with van der Waals surface area (Å²) >= 11 is 0. The Morgan fingerprint density at radius 1 is 0.884 bits per heavy atom. The Bertz CT molecular complexity index is 1300. The number of fused-ring (bicyclic) bond motifs is 3. The van der Waals surface area contributed by atoms with Gasteiger partial charge in [-0.25, -0.2) is 0 Å². The van der Waals surface area contributed by atoms with Crippen LogP contribution in [0.25, 0.3) is 11.1 Å². The molecule has 2 aliphatic rings. The highest BCUT2D eigenvalue weighted by Gasteiger charge is 2.36. The number of nitrogens with zero attached hydrogens (tertiary/aromatic N) is 2. The summed E-state index contributed by atoms with van der Waals surface area (Å²) in [6, 6.07) is 15.2. The number of likely N-dealkylation sites (N-methyl/N-ethyl adjacent to an activating group) is 1. The minimum Gasteiger partial charge on any atom is -0.343 e. The zero-order chi connectivity index (χ0) is 31.4. The van der Waals surface area contributed by atoms with Gasteiger partial charge in [0.15, 0.2) is 0 Å². The van der Waals surface area contributed by atoms with Crippen LogP contribution in [0.5, 0.6) is 0 Å². The van der Waals surface area contributed by atoms with Crippen LogP contribution < -0.4 is 10.6 Å². The van der Waals surface area contributed by atoms with E-state index < -0.39 is 6.04 Å². The van der Waals surface area contributed by atoms with E-state index in [1.54, 1.807) is 18.9 Å². The largest absolute Gasteiger partial charge is 0.343 e. The van der Waals surface area contributed by atoms with E-state index in [1.807, 2.05) is 58.0 Å². The van der Waals surface area contributed by atoms with E-state index in [2.05, 4.69) is 53.6 Å². The van der Waals surface area contributed by atoms with Gasteiger partial charge in [0.1, 0.15) is 6.04 Å². The molecule has 0 saturated carbocycles. The van der Waals surface area contributed by atoms with Crippen LogP contribution in [0.3, 0.4) is 0 Å². The van der Waals surface area contributed by atoms with Gasteiger partial charge in [0.05, 0.1) is 18.1 Å². The normalized spacial score (nSPS) is 18.8. The fraction of sp³-hybridized carbons (Fsp3) is 0.528. The average Bonchev–Trinajstić information content (AvgIpc) is 3.30. The first-order chi connectivity index (χ1) is 20.4. The summed E-state index contributed by atoms with van der Waals surface area (Å²) in [5.74, 6) is -0.403. The van der Waals surface area contributed by atoms with E-state index >= 15 is 0 Å². The van der Waals surface area contributed by atoms with E-state index in [1.165, 1.54) is 0 Å². The zero-order valence-corrected chi connectivity index (χ0v) is 27.2. The maximum absolute atomic E-state index is 13.9. The second-order valence-electron chi connectivity index (χ2n) is 13.2. The minimum absolute atomic E-state index is 0.0583. The third-order valence-corrected chi connectivity index (χ3v) is 9.11. The monoisotopic (exact) mass is 586 g/mol. The summed E-state index contributed by atoms with van der Waals surface area (Å²) in [6.45, 7) is 15.0. The fourth-order valence-electron chi connectivity index (χ4n) is 6.62. The highest BCUT2D eigenvalue weighted by molar-refractivity contribution is 5.95. The summed E-state index contributed by atoms with van der Waals surface area (Å²) < 4.78 is 0. The van der Waals surface area contributed by atoms with Gasteiger partial charge in [-0.1, -0.05) is 88.7 Å². The molecule has 2 N–H and O–H groups in total. The van der Waals surface area contributed by atoms with Crippen molar-refractivity contribution in [1.29, 1.82) is 0 Å². The fourth-order valence-corrected chi connectivity index (χ4v) is 6.62. The summed E-state index contributed by atoms with van der Waals surface area (Å²) in [5.41, 5.74) is 5.01. The van der Waals surface area contributed by atoms with Gasteiger partial charge in [0, 0.05) is 18.7 Å². The Kier molecular flexibility index (Phi) is 10.5. The topological polar surface area (TPSA) is 81.8 Å². The number of likely N-dealkylation sites (tertiary alicyclic amines) is 1. The number of carbonyl (C=O) groups is 3. The molecule has 1 fully saturated rings. The van der Waals surface area contributed by atoms with Gasteiger partial charge in [-0.2, -0.15) is 0 Å². The van der Waals surface area contributed by atoms with Gasteiger partial charge in [0.2, 0.25) is 17.7 Å². The molecule has 0 spiro atoms. The maximum atomic E-state index is 13.9. The first-order valence-electron chi connectivity index (χ1n) is 15.9. The lowest BCUT2D eigenvalue weighted by Gasteiger charge is -2.39. The molecule has 43 heavy (non-hydrogen) atoms. The van der Waals surface area contributed by atoms with Crippen molar-refractivity contribution in [1.82, 2.24) is 20.4 Å². The number of amides is 3. The van der Waals surface area contributed by atoms with Crippen molar-refractivity contribution < 1.29 is 14.4 Å². The van der Waals surface area contributed by atoms with Crippen molar-refractivity contribution in [3.05, 3.63) is 71.3 Å². The van der Waals surface area contributed by atoms with Crippen molar-refractivity contribution in [2.45, 2.75) is 97.9 Å². The Morgan fingerprint density at radius 3 is 2.00 bits per heavy atom. The van der Waals surface area contributed by atoms with Gasteiger partial charge in [-0.3, -0.25) is 19.3 Å². The Morgan fingerprint density at radius 2 is 1.47 bits per heavy atom. The highest BCUT2D eigenvalue weighted by atomic mass is 16.2. The van der Waals surface area contributed by atoms with Crippen LogP contribution in [-0.4, -0.2) is 65.3 Å². The van der Waals surface area contributed by atoms with Crippen molar-refractivity contribution in [2.75, 3.05) is 13.6 Å². The van der Waals surface area contributed by atoms with Crippen molar-refractivity contribution in [3.63, 3.8) is 0 Å². The second-order valence-corrected chi connectivity index (χ2v) is 13.2. The molecule has 1 aliphatic heterocycles. The molecule has 0 aromatic heterocycles. The van der Waals surface area contributed by atoms with Crippen LogP contribution in [-0.2, 0) is 14.4 Å². The van der Waals surface area contributed by atoms with E-state index in [0.29, 0.717) is 5.57 Å². The zero-order valence-electron chi connectivity index (χ0n) is 27.2. The number of hydrogen-bond acceptors (Lipinski definition) is 4. The molecule has 4 rings (SSSR count). The lowest BCUT2D eigenvalue weighted by atomic mass is 9.95. The SMILES string of the molecule is C/C(=C\[C@H](C(C)C)N(C)C(=O)[C@@H](NC(=O)[C@H]1CCCCN1C(C)C)C(C)C)C(=O)NC1c2ccccc2-c2ccccc21. The number of nitrogens with one attached hydrogen (secondary N) is 2. The van der Waals surface area contributed by atoms with Crippen LogP contribution in [0.15, 0.2) is 60.2 Å². The Labute approximate surface area is 258 Å². The molecule has 3 atom stereocenters. The average molecular weight is 587 g/mol. The summed E-state index contributed by atoms with van der Waals surface area (Å²) in [4.78, 5) is 44.9. The van der Waals surface area contributed by atoms with Crippen molar-refractivity contribution >= 4 is 17.7 Å². The molecule has 0 radical (unpaired) electrons. The summed E-state index contributed by atoms with van der Waals surface area (Å²) in [7, 11) is 1.78. The van der Waals surface area contributed by atoms with Crippen LogP contribution in [0.1, 0.15) is 84.9 Å². The standard InChI is InChI=1S/C36H50N4O3/c1-22(2)31(39(8)36(43)32(23(3)4)37-35(42)30-19-13-14-20-40(30)24(5)6)21-25(7)34(41)38-33-28-17-11-9-15-26(28)27-16-10-12-18-29(27)33/h9-12,15-18,21-24,30-33H,13-14,19-20H2,1-8H3,(H,37,42)(H,38,41)/b25-21+/t30-,31-,32+/m1/s1. The van der Waals surface area contributed by atoms with E-state index in [4.69, 9.17) is 0 Å². The van der Waals surface area contributed by atoms with E-state index in [9.17, 15) is 14.4 Å². The predicted octanol–water partition coefficient (Wildman–Crippen LogP) is 5.71. The van der Waals surface area contributed by atoms with E-state index in [0.717, 1.165) is 48.1 Å². The van der Waals surface area contributed by atoms with Gasteiger partial charge in [-0.05, 0) is 74.2 Å². The van der Waals surface area contributed by atoms with Gasteiger partial charge < -0.3 is 15.5 Å². The smallest absolute Gasteiger partial charge is 0.247 e. The first-order valence-corrected chi connectivity index (χ1v) is 15.9. The maximum Gasteiger partial charge on any atom is 0.247 e. The van der Waals surface area contributed by atoms with Crippen LogP contribution >= 0.6 is 0 Å². The van der Waals surface area contributed by atoms with Gasteiger partial charge in [0.25, 0.3) is 0 Å². The third kappa shape index (κ3) is 7.04. The first kappa shape index (κ1) is 32.5. The molecule has 1 saturated heterocycles. The third-order valence-electron chi connectivity index (χ3n) is 9.11. The van der Waals surface area contributed by atoms with Gasteiger partial charge in [-0.15, -0.1) is 0 Å². The van der Waals surface area contributed by atoms with Crippen LogP contribution in [0.4, 0.5) is 0 Å². The van der Waals surface area contributed by atoms with Crippen molar-refractivity contribution in [2.24, 2.45) is 11.8 Å². The summed E-state index contributed by atoms with van der Waals surface area (Å²) in [6.07, 6.45) is 4.80. The molecular weight excluding hydrogens is 536 g/mol.